The number of hydrogen-bond donors (Lipinski definition) is 1. The monoisotopic (exact) mass is 257 g/mol. The Morgan fingerprint density at radius 1 is 1.26 bits per heavy atom. The molecule has 0 fully saturated rings. The third-order valence-corrected chi connectivity index (χ3v) is 3.61. The van der Waals surface area contributed by atoms with Crippen molar-refractivity contribution < 1.29 is 0 Å². The van der Waals surface area contributed by atoms with Crippen molar-refractivity contribution in [3.05, 3.63) is 53.6 Å². The molecule has 1 heterocycles. The van der Waals surface area contributed by atoms with E-state index in [9.17, 15) is 0 Å². The van der Waals surface area contributed by atoms with Crippen LogP contribution in [0, 0.1) is 0 Å². The van der Waals surface area contributed by atoms with E-state index in [1.807, 2.05) is 19.4 Å². The van der Waals surface area contributed by atoms with Crippen LogP contribution in [-0.2, 0) is 19.9 Å². The van der Waals surface area contributed by atoms with Crippen LogP contribution in [0.1, 0.15) is 36.8 Å². The van der Waals surface area contributed by atoms with Gasteiger partial charge in [-0.25, -0.2) is 4.98 Å². The predicted octanol–water partition coefficient (Wildman–Crippen LogP) is 2.88. The van der Waals surface area contributed by atoms with Gasteiger partial charge in [0.25, 0.3) is 0 Å². The quantitative estimate of drug-likeness (QED) is 0.862. The fraction of sp³-hybridized carbons (Fsp3) is 0.438. The summed E-state index contributed by atoms with van der Waals surface area (Å²) in [5, 5.41) is 3.55. The van der Waals surface area contributed by atoms with Crippen molar-refractivity contribution in [3.63, 3.8) is 0 Å². The van der Waals surface area contributed by atoms with Crippen LogP contribution in [0.2, 0.25) is 0 Å². The summed E-state index contributed by atoms with van der Waals surface area (Å²) >= 11 is 0. The molecule has 3 heteroatoms. The van der Waals surface area contributed by atoms with Gasteiger partial charge < -0.3 is 9.88 Å². The Balaban J connectivity index is 1.83. The van der Waals surface area contributed by atoms with E-state index in [4.69, 9.17) is 0 Å². The topological polar surface area (TPSA) is 29.9 Å². The van der Waals surface area contributed by atoms with Gasteiger partial charge in [-0.05, 0) is 24.5 Å². The van der Waals surface area contributed by atoms with Crippen molar-refractivity contribution in [2.75, 3.05) is 6.54 Å². The third kappa shape index (κ3) is 3.67. The molecule has 1 aromatic heterocycles. The van der Waals surface area contributed by atoms with Crippen LogP contribution in [0.3, 0.4) is 0 Å². The third-order valence-electron chi connectivity index (χ3n) is 3.61. The summed E-state index contributed by atoms with van der Waals surface area (Å²) in [6.07, 6.45) is 5.90. The zero-order valence-corrected chi connectivity index (χ0v) is 12.1. The highest BCUT2D eigenvalue weighted by molar-refractivity contribution is 5.24. The molecule has 19 heavy (non-hydrogen) atoms. The second-order valence-electron chi connectivity index (χ2n) is 4.98. The van der Waals surface area contributed by atoms with Gasteiger partial charge in [0.2, 0.25) is 0 Å². The molecular weight excluding hydrogens is 234 g/mol. The van der Waals surface area contributed by atoms with Crippen molar-refractivity contribution >= 4 is 0 Å². The maximum atomic E-state index is 4.33. The first kappa shape index (κ1) is 13.8. The van der Waals surface area contributed by atoms with Gasteiger partial charge in [-0.15, -0.1) is 0 Å². The standard InChI is InChI=1S/C16H23N3/c1-4-14-5-7-15(8-6-14)13(2)17-10-9-16-18-11-12-19(16)3/h5-8,11-13,17H,4,9-10H2,1-3H3. The van der Waals surface area contributed by atoms with Gasteiger partial charge in [0.15, 0.2) is 0 Å². The van der Waals surface area contributed by atoms with Gasteiger partial charge in [-0.1, -0.05) is 31.2 Å². The summed E-state index contributed by atoms with van der Waals surface area (Å²) in [5.74, 6) is 1.13. The van der Waals surface area contributed by atoms with Crippen LogP contribution >= 0.6 is 0 Å². The second-order valence-corrected chi connectivity index (χ2v) is 4.98. The molecular formula is C16H23N3. The highest BCUT2D eigenvalue weighted by Crippen LogP contribution is 2.13. The number of imidazole rings is 1. The first-order chi connectivity index (χ1) is 9.20. The van der Waals surface area contributed by atoms with Crippen molar-refractivity contribution in [3.8, 4) is 0 Å². The minimum atomic E-state index is 0.381. The molecule has 1 unspecified atom stereocenters. The normalized spacial score (nSPS) is 12.6. The van der Waals surface area contributed by atoms with Gasteiger partial charge >= 0.3 is 0 Å². The van der Waals surface area contributed by atoms with Crippen LogP contribution < -0.4 is 5.32 Å². The number of rotatable bonds is 6. The molecule has 1 atom stereocenters. The Morgan fingerprint density at radius 3 is 2.58 bits per heavy atom. The molecule has 0 aliphatic carbocycles. The zero-order chi connectivity index (χ0) is 13.7. The number of nitrogens with zero attached hydrogens (tertiary/aromatic N) is 2. The summed E-state index contributed by atoms with van der Waals surface area (Å²) in [7, 11) is 2.04. The van der Waals surface area contributed by atoms with E-state index in [2.05, 4.69) is 53.0 Å². The fourth-order valence-electron chi connectivity index (χ4n) is 2.20. The van der Waals surface area contributed by atoms with E-state index >= 15 is 0 Å². The number of aryl methyl sites for hydroxylation is 2. The Labute approximate surface area is 115 Å². The maximum Gasteiger partial charge on any atom is 0.109 e. The van der Waals surface area contributed by atoms with E-state index in [-0.39, 0.29) is 0 Å². The zero-order valence-electron chi connectivity index (χ0n) is 12.1. The Hall–Kier alpha value is -1.61. The number of hydrogen-bond acceptors (Lipinski definition) is 2. The molecule has 0 spiro atoms. The highest BCUT2D eigenvalue weighted by atomic mass is 15.0. The molecule has 0 bridgehead atoms. The van der Waals surface area contributed by atoms with Gasteiger partial charge in [0, 0.05) is 38.4 Å². The second kappa shape index (κ2) is 6.53. The van der Waals surface area contributed by atoms with Gasteiger partial charge in [-0.2, -0.15) is 0 Å². The van der Waals surface area contributed by atoms with Crippen LogP contribution in [-0.4, -0.2) is 16.1 Å². The molecule has 1 N–H and O–H groups in total. The fourth-order valence-corrected chi connectivity index (χ4v) is 2.20. The molecule has 2 aromatic rings. The molecule has 0 saturated heterocycles. The summed E-state index contributed by atoms with van der Waals surface area (Å²) in [5.41, 5.74) is 2.74. The molecule has 2 rings (SSSR count). The molecule has 0 amide bonds. The molecule has 102 valence electrons. The van der Waals surface area contributed by atoms with Crippen molar-refractivity contribution in [2.24, 2.45) is 7.05 Å². The average molecular weight is 257 g/mol. The van der Waals surface area contributed by atoms with E-state index in [1.165, 1.54) is 11.1 Å². The lowest BCUT2D eigenvalue weighted by Crippen LogP contribution is -2.22. The van der Waals surface area contributed by atoms with Crippen LogP contribution in [0.4, 0.5) is 0 Å². The predicted molar refractivity (Wildman–Crippen MR) is 79.1 cm³/mol. The van der Waals surface area contributed by atoms with Crippen LogP contribution in [0.15, 0.2) is 36.7 Å². The minimum Gasteiger partial charge on any atom is -0.338 e. The van der Waals surface area contributed by atoms with Crippen LogP contribution in [0.5, 0.6) is 0 Å². The van der Waals surface area contributed by atoms with E-state index < -0.39 is 0 Å². The molecule has 0 aliphatic rings. The molecule has 0 saturated carbocycles. The number of aromatic nitrogens is 2. The molecule has 3 nitrogen and oxygen atoms in total. The van der Waals surface area contributed by atoms with Crippen molar-refractivity contribution in [1.29, 1.82) is 0 Å². The molecule has 0 aliphatic heterocycles. The number of benzene rings is 1. The average Bonchev–Trinajstić information content (AvgIpc) is 2.84. The van der Waals surface area contributed by atoms with Crippen LogP contribution in [0.25, 0.3) is 0 Å². The number of nitrogens with one attached hydrogen (secondary N) is 1. The molecule has 0 radical (unpaired) electrons. The summed E-state index contributed by atoms with van der Waals surface area (Å²) < 4.78 is 2.07. The highest BCUT2D eigenvalue weighted by Gasteiger charge is 2.05. The lowest BCUT2D eigenvalue weighted by atomic mass is 10.0. The largest absolute Gasteiger partial charge is 0.338 e. The smallest absolute Gasteiger partial charge is 0.109 e. The minimum absolute atomic E-state index is 0.381. The van der Waals surface area contributed by atoms with Gasteiger partial charge in [0.1, 0.15) is 5.82 Å². The first-order valence-corrected chi connectivity index (χ1v) is 6.99. The first-order valence-electron chi connectivity index (χ1n) is 6.99. The summed E-state index contributed by atoms with van der Waals surface area (Å²) in [4.78, 5) is 4.33. The lowest BCUT2D eigenvalue weighted by Gasteiger charge is -2.14. The van der Waals surface area contributed by atoms with E-state index in [0.717, 1.165) is 25.2 Å². The van der Waals surface area contributed by atoms with Gasteiger partial charge in [0.05, 0.1) is 0 Å². The maximum absolute atomic E-state index is 4.33. The Bertz CT molecular complexity index is 499. The van der Waals surface area contributed by atoms with Crippen molar-refractivity contribution in [2.45, 2.75) is 32.7 Å². The lowest BCUT2D eigenvalue weighted by molar-refractivity contribution is 0.565. The molecule has 1 aromatic carbocycles. The Kier molecular flexibility index (Phi) is 4.74. The summed E-state index contributed by atoms with van der Waals surface area (Å²) in [6.45, 7) is 5.34. The van der Waals surface area contributed by atoms with E-state index in [1.54, 1.807) is 0 Å². The SMILES string of the molecule is CCc1ccc(C(C)NCCc2nccn2C)cc1. The van der Waals surface area contributed by atoms with Gasteiger partial charge in [-0.3, -0.25) is 0 Å². The Morgan fingerprint density at radius 2 is 2.00 bits per heavy atom. The summed E-state index contributed by atoms with van der Waals surface area (Å²) in [6, 6.07) is 9.25. The van der Waals surface area contributed by atoms with Crippen molar-refractivity contribution in [1.82, 2.24) is 14.9 Å². The van der Waals surface area contributed by atoms with E-state index in [0.29, 0.717) is 6.04 Å².